The third-order valence-electron chi connectivity index (χ3n) is 5.70. The molecule has 1 N–H and O–H groups in total. The number of anilines is 1. The Morgan fingerprint density at radius 2 is 1.43 bits per heavy atom. The molecule has 4 heteroatoms. The zero-order valence-electron chi connectivity index (χ0n) is 17.5. The van der Waals surface area contributed by atoms with Crippen molar-refractivity contribution in [2.24, 2.45) is 0 Å². The number of carbonyl (C=O) groups excluding carboxylic acids is 1. The summed E-state index contributed by atoms with van der Waals surface area (Å²) in [5.41, 5.74) is 4.40. The molecular weight excluding hydrogens is 370 g/mol. The summed E-state index contributed by atoms with van der Waals surface area (Å²) < 4.78 is 0. The van der Waals surface area contributed by atoms with E-state index in [1.807, 2.05) is 49.4 Å². The summed E-state index contributed by atoms with van der Waals surface area (Å²) in [6.45, 7) is 6.65. The van der Waals surface area contributed by atoms with Crippen molar-refractivity contribution < 1.29 is 4.79 Å². The summed E-state index contributed by atoms with van der Waals surface area (Å²) in [5.74, 6) is 0.0292. The summed E-state index contributed by atoms with van der Waals surface area (Å²) in [6, 6.07) is 28.4. The minimum absolute atomic E-state index is 0.0292. The number of amides is 1. The fourth-order valence-electron chi connectivity index (χ4n) is 4.03. The molecule has 30 heavy (non-hydrogen) atoms. The number of rotatable bonds is 6. The molecule has 4 nitrogen and oxygen atoms in total. The lowest BCUT2D eigenvalue weighted by molar-refractivity contribution is -0.122. The zero-order valence-corrected chi connectivity index (χ0v) is 17.5. The molecule has 0 aromatic heterocycles. The van der Waals surface area contributed by atoms with Gasteiger partial charge in [-0.25, -0.2) is 0 Å². The molecule has 1 amide bonds. The Balaban J connectivity index is 1.45. The molecule has 1 fully saturated rings. The lowest BCUT2D eigenvalue weighted by atomic mass is 10.0. The quantitative estimate of drug-likeness (QED) is 0.663. The number of aryl methyl sites for hydroxylation is 1. The van der Waals surface area contributed by atoms with E-state index in [0.29, 0.717) is 0 Å². The van der Waals surface area contributed by atoms with Crippen LogP contribution < -0.4 is 5.32 Å². The summed E-state index contributed by atoms with van der Waals surface area (Å²) >= 11 is 0. The topological polar surface area (TPSA) is 35.6 Å². The second-order valence-electron chi connectivity index (χ2n) is 7.97. The molecule has 1 aliphatic rings. The number of nitrogens with zero attached hydrogens (tertiary/aromatic N) is 2. The Kier molecular flexibility index (Phi) is 6.57. The first-order valence-corrected chi connectivity index (χ1v) is 10.6. The smallest absolute Gasteiger partial charge is 0.246 e. The van der Waals surface area contributed by atoms with E-state index in [0.717, 1.165) is 44.0 Å². The molecule has 3 aromatic carbocycles. The number of benzene rings is 3. The number of hydrogen-bond acceptors (Lipinski definition) is 3. The second-order valence-corrected chi connectivity index (χ2v) is 7.97. The summed E-state index contributed by atoms with van der Waals surface area (Å²) in [7, 11) is 0. The molecule has 0 aliphatic carbocycles. The van der Waals surface area contributed by atoms with Gasteiger partial charge in [0.05, 0.1) is 0 Å². The SMILES string of the molecule is Cc1ccc(NC(=O)C(c2ccccc2)N2CCN(Cc3ccccc3)CC2)cc1. The Labute approximate surface area is 179 Å². The van der Waals surface area contributed by atoms with E-state index < -0.39 is 0 Å². The van der Waals surface area contributed by atoms with Crippen molar-refractivity contribution in [3.8, 4) is 0 Å². The molecule has 0 spiro atoms. The minimum Gasteiger partial charge on any atom is -0.324 e. The zero-order chi connectivity index (χ0) is 20.8. The average Bonchev–Trinajstić information content (AvgIpc) is 2.78. The molecule has 154 valence electrons. The average molecular weight is 400 g/mol. The Morgan fingerprint density at radius 3 is 2.07 bits per heavy atom. The van der Waals surface area contributed by atoms with Crippen LogP contribution in [-0.4, -0.2) is 41.9 Å². The third-order valence-corrected chi connectivity index (χ3v) is 5.70. The van der Waals surface area contributed by atoms with E-state index >= 15 is 0 Å². The van der Waals surface area contributed by atoms with Crippen molar-refractivity contribution in [1.82, 2.24) is 9.80 Å². The molecular formula is C26H29N3O. The molecule has 4 rings (SSSR count). The first-order valence-electron chi connectivity index (χ1n) is 10.6. The molecule has 1 aliphatic heterocycles. The van der Waals surface area contributed by atoms with Crippen molar-refractivity contribution >= 4 is 11.6 Å². The van der Waals surface area contributed by atoms with E-state index in [9.17, 15) is 4.79 Å². The maximum atomic E-state index is 13.3. The van der Waals surface area contributed by atoms with E-state index in [2.05, 4.69) is 57.6 Å². The van der Waals surface area contributed by atoms with E-state index in [1.165, 1.54) is 11.1 Å². The summed E-state index contributed by atoms with van der Waals surface area (Å²) in [5, 5.41) is 3.12. The van der Waals surface area contributed by atoms with Gasteiger partial charge in [-0.2, -0.15) is 0 Å². The van der Waals surface area contributed by atoms with Crippen molar-refractivity contribution in [1.29, 1.82) is 0 Å². The first kappa shape index (κ1) is 20.3. The monoisotopic (exact) mass is 399 g/mol. The van der Waals surface area contributed by atoms with Crippen LogP contribution in [0.5, 0.6) is 0 Å². The fraction of sp³-hybridized carbons (Fsp3) is 0.269. The largest absolute Gasteiger partial charge is 0.324 e. The van der Waals surface area contributed by atoms with Gasteiger partial charge in [-0.3, -0.25) is 14.6 Å². The van der Waals surface area contributed by atoms with Crippen LogP contribution in [0.4, 0.5) is 5.69 Å². The molecule has 1 saturated heterocycles. The van der Waals surface area contributed by atoms with Gasteiger partial charge < -0.3 is 5.32 Å². The van der Waals surface area contributed by atoms with Crippen molar-refractivity contribution in [2.45, 2.75) is 19.5 Å². The molecule has 0 saturated carbocycles. The van der Waals surface area contributed by atoms with Crippen LogP contribution in [0.1, 0.15) is 22.7 Å². The van der Waals surface area contributed by atoms with Gasteiger partial charge in [0, 0.05) is 38.4 Å². The maximum Gasteiger partial charge on any atom is 0.246 e. The summed E-state index contributed by atoms with van der Waals surface area (Å²) in [4.78, 5) is 18.1. The predicted octanol–water partition coefficient (Wildman–Crippen LogP) is 4.49. The van der Waals surface area contributed by atoms with Crippen LogP contribution in [0.2, 0.25) is 0 Å². The van der Waals surface area contributed by atoms with E-state index in [4.69, 9.17) is 0 Å². The van der Waals surface area contributed by atoms with Crippen LogP contribution >= 0.6 is 0 Å². The maximum absolute atomic E-state index is 13.3. The summed E-state index contributed by atoms with van der Waals surface area (Å²) in [6.07, 6.45) is 0. The van der Waals surface area contributed by atoms with Crippen molar-refractivity contribution in [2.75, 3.05) is 31.5 Å². The van der Waals surface area contributed by atoms with Gasteiger partial charge in [-0.15, -0.1) is 0 Å². The van der Waals surface area contributed by atoms with Crippen molar-refractivity contribution in [3.63, 3.8) is 0 Å². The number of carbonyl (C=O) groups is 1. The van der Waals surface area contributed by atoms with Crippen LogP contribution in [0.15, 0.2) is 84.9 Å². The fourth-order valence-corrected chi connectivity index (χ4v) is 4.03. The molecule has 1 heterocycles. The third kappa shape index (κ3) is 5.15. The molecule has 0 bridgehead atoms. The highest BCUT2D eigenvalue weighted by Crippen LogP contribution is 2.25. The predicted molar refractivity (Wildman–Crippen MR) is 122 cm³/mol. The Hall–Kier alpha value is -2.95. The van der Waals surface area contributed by atoms with E-state index in [-0.39, 0.29) is 11.9 Å². The minimum atomic E-state index is -0.286. The number of hydrogen-bond donors (Lipinski definition) is 1. The van der Waals surface area contributed by atoms with Crippen molar-refractivity contribution in [3.05, 3.63) is 102 Å². The highest BCUT2D eigenvalue weighted by Gasteiger charge is 2.30. The molecule has 1 atom stereocenters. The molecule has 0 radical (unpaired) electrons. The number of piperazine rings is 1. The normalized spacial score (nSPS) is 16.2. The standard InChI is InChI=1S/C26H29N3O/c1-21-12-14-24(15-13-21)27-26(30)25(23-10-6-3-7-11-23)29-18-16-28(17-19-29)20-22-8-4-2-5-9-22/h2-15,25H,16-20H2,1H3,(H,27,30). The van der Waals surface area contributed by atoms with Gasteiger partial charge in [0.2, 0.25) is 5.91 Å². The van der Waals surface area contributed by atoms with Gasteiger partial charge in [0.1, 0.15) is 6.04 Å². The molecule has 3 aromatic rings. The highest BCUT2D eigenvalue weighted by molar-refractivity contribution is 5.95. The first-order chi connectivity index (χ1) is 14.7. The second kappa shape index (κ2) is 9.70. The van der Waals surface area contributed by atoms with Crippen LogP contribution in [0.3, 0.4) is 0 Å². The van der Waals surface area contributed by atoms with Gasteiger partial charge in [0.15, 0.2) is 0 Å². The lowest BCUT2D eigenvalue weighted by Crippen LogP contribution is -2.49. The van der Waals surface area contributed by atoms with E-state index in [1.54, 1.807) is 0 Å². The van der Waals surface area contributed by atoms with Crippen LogP contribution in [0.25, 0.3) is 0 Å². The number of nitrogens with one attached hydrogen (secondary N) is 1. The Morgan fingerprint density at radius 1 is 0.833 bits per heavy atom. The lowest BCUT2D eigenvalue weighted by Gasteiger charge is -2.38. The Bertz CT molecular complexity index is 933. The highest BCUT2D eigenvalue weighted by atomic mass is 16.2. The van der Waals surface area contributed by atoms with Gasteiger partial charge in [-0.1, -0.05) is 78.4 Å². The van der Waals surface area contributed by atoms with Crippen LogP contribution in [0, 0.1) is 6.92 Å². The van der Waals surface area contributed by atoms with Gasteiger partial charge >= 0.3 is 0 Å². The molecule has 1 unspecified atom stereocenters. The van der Waals surface area contributed by atoms with Gasteiger partial charge in [-0.05, 0) is 30.2 Å². The van der Waals surface area contributed by atoms with Crippen LogP contribution in [-0.2, 0) is 11.3 Å². The van der Waals surface area contributed by atoms with Gasteiger partial charge in [0.25, 0.3) is 0 Å².